The number of hydrogen-bond donors (Lipinski definition) is 4. The van der Waals surface area contributed by atoms with Crippen LogP contribution in [0.5, 0.6) is 0 Å². The molecule has 0 fully saturated rings. The van der Waals surface area contributed by atoms with E-state index in [0.717, 1.165) is 11.1 Å². The number of amides is 1. The van der Waals surface area contributed by atoms with Crippen molar-refractivity contribution < 1.29 is 19.1 Å². The quantitative estimate of drug-likeness (QED) is 0.224. The predicted octanol–water partition coefficient (Wildman–Crippen LogP) is 4.18. The van der Waals surface area contributed by atoms with Gasteiger partial charge in [0.25, 0.3) is 0 Å². The lowest BCUT2D eigenvalue weighted by Gasteiger charge is -2.22. The fraction of sp³-hybridized carbons (Fsp3) is 0.107. The normalized spacial score (nSPS) is 11.7. The Hall–Kier alpha value is -5.32. The Balaban J connectivity index is 1.59. The van der Waals surface area contributed by atoms with Gasteiger partial charge in [0.2, 0.25) is 11.9 Å². The Morgan fingerprint density at radius 1 is 1.05 bits per heavy atom. The summed E-state index contributed by atoms with van der Waals surface area (Å²) in [7, 11) is 1.69. The molecule has 5 rings (SSSR count). The van der Waals surface area contributed by atoms with Crippen LogP contribution in [0.3, 0.4) is 0 Å². The first-order valence-electron chi connectivity index (χ1n) is 12.0. The number of rotatable bonds is 9. The number of fused-ring (bicyclic) bond motifs is 1. The van der Waals surface area contributed by atoms with Crippen molar-refractivity contribution >= 4 is 34.5 Å². The summed E-state index contributed by atoms with van der Waals surface area (Å²) in [6.07, 6.45) is 3.19. The van der Waals surface area contributed by atoms with Gasteiger partial charge in [0.1, 0.15) is 17.7 Å². The van der Waals surface area contributed by atoms with Crippen molar-refractivity contribution in [1.29, 1.82) is 0 Å². The molecule has 0 aliphatic carbocycles. The number of nitrogens with zero attached hydrogens (tertiary/aromatic N) is 4. The number of carbonyl (C=O) groups is 2. The summed E-state index contributed by atoms with van der Waals surface area (Å²) in [5.41, 5.74) is 9.17. The van der Waals surface area contributed by atoms with E-state index < -0.39 is 17.9 Å². The number of pyridine rings is 1. The number of aromatic carboxylic acids is 1. The first-order valence-corrected chi connectivity index (χ1v) is 12.0. The Labute approximate surface area is 222 Å². The standard InChI is InChI=1S/C28H24FN7O3/c1-31-28-33-12-10-21(35-28)23-14-18-13-17(27(38)39)6-9-22(18)36(23)24(25(30)37)15-34-26-20(3-2-11-32-26)16-4-7-19(29)8-5-16/h2-14,24H,15H2,1H3,(H2,30,37)(H,32,34)(H,38,39)(H,31,33,35). The number of primary amides is 1. The zero-order valence-corrected chi connectivity index (χ0v) is 20.8. The Morgan fingerprint density at radius 2 is 1.85 bits per heavy atom. The molecule has 0 spiro atoms. The molecule has 3 aromatic heterocycles. The highest BCUT2D eigenvalue weighted by Gasteiger charge is 2.25. The van der Waals surface area contributed by atoms with Gasteiger partial charge in [0.15, 0.2) is 0 Å². The summed E-state index contributed by atoms with van der Waals surface area (Å²) in [4.78, 5) is 37.6. The highest BCUT2D eigenvalue weighted by molar-refractivity contribution is 5.96. The van der Waals surface area contributed by atoms with E-state index in [0.29, 0.717) is 34.1 Å². The molecule has 0 aliphatic rings. The minimum Gasteiger partial charge on any atom is -0.478 e. The fourth-order valence-corrected chi connectivity index (χ4v) is 4.45. The second kappa shape index (κ2) is 10.6. The smallest absolute Gasteiger partial charge is 0.335 e. The lowest BCUT2D eigenvalue weighted by molar-refractivity contribution is -0.120. The number of carbonyl (C=O) groups excluding carboxylic acids is 1. The minimum atomic E-state index is -1.07. The van der Waals surface area contributed by atoms with Gasteiger partial charge in [-0.25, -0.2) is 24.1 Å². The van der Waals surface area contributed by atoms with E-state index in [-0.39, 0.29) is 17.9 Å². The predicted molar refractivity (Wildman–Crippen MR) is 146 cm³/mol. The maximum absolute atomic E-state index is 13.5. The van der Waals surface area contributed by atoms with Crippen molar-refractivity contribution in [3.8, 4) is 22.5 Å². The van der Waals surface area contributed by atoms with Crippen LogP contribution in [0.4, 0.5) is 16.2 Å². The van der Waals surface area contributed by atoms with E-state index in [2.05, 4.69) is 25.6 Å². The molecule has 5 N–H and O–H groups in total. The van der Waals surface area contributed by atoms with E-state index in [1.165, 1.54) is 24.3 Å². The molecule has 2 aromatic carbocycles. The van der Waals surface area contributed by atoms with Crippen LogP contribution in [0.15, 0.2) is 79.1 Å². The largest absolute Gasteiger partial charge is 0.478 e. The minimum absolute atomic E-state index is 0.0575. The van der Waals surface area contributed by atoms with Crippen LogP contribution in [0.2, 0.25) is 0 Å². The molecular weight excluding hydrogens is 501 g/mol. The number of anilines is 2. The van der Waals surface area contributed by atoms with Gasteiger partial charge in [0.05, 0.1) is 17.0 Å². The molecule has 5 aromatic rings. The number of benzene rings is 2. The first-order chi connectivity index (χ1) is 18.9. The van der Waals surface area contributed by atoms with Gasteiger partial charge in [-0.3, -0.25) is 4.79 Å². The third-order valence-corrected chi connectivity index (χ3v) is 6.29. The molecule has 1 amide bonds. The molecule has 196 valence electrons. The number of aromatic nitrogens is 4. The highest BCUT2D eigenvalue weighted by atomic mass is 19.1. The molecule has 0 aliphatic heterocycles. The van der Waals surface area contributed by atoms with Crippen LogP contribution in [0.25, 0.3) is 33.4 Å². The van der Waals surface area contributed by atoms with Crippen molar-refractivity contribution in [2.45, 2.75) is 6.04 Å². The molecule has 1 atom stereocenters. The fourth-order valence-electron chi connectivity index (χ4n) is 4.45. The van der Waals surface area contributed by atoms with Gasteiger partial charge in [-0.1, -0.05) is 12.1 Å². The molecule has 0 saturated carbocycles. The lowest BCUT2D eigenvalue weighted by Crippen LogP contribution is -2.32. The van der Waals surface area contributed by atoms with Crippen LogP contribution in [-0.2, 0) is 4.79 Å². The van der Waals surface area contributed by atoms with Gasteiger partial charge < -0.3 is 26.0 Å². The third kappa shape index (κ3) is 5.10. The van der Waals surface area contributed by atoms with Gasteiger partial charge in [-0.2, -0.15) is 0 Å². The maximum atomic E-state index is 13.5. The number of carboxylic acids is 1. The maximum Gasteiger partial charge on any atom is 0.335 e. The van der Waals surface area contributed by atoms with Gasteiger partial charge in [0, 0.05) is 42.5 Å². The summed E-state index contributed by atoms with van der Waals surface area (Å²) in [5.74, 6) is -1.18. The van der Waals surface area contributed by atoms with Crippen molar-refractivity contribution in [1.82, 2.24) is 19.5 Å². The Bertz CT molecular complexity index is 1680. The van der Waals surface area contributed by atoms with E-state index in [9.17, 15) is 19.1 Å². The molecule has 3 heterocycles. The zero-order chi connectivity index (χ0) is 27.5. The average Bonchev–Trinajstić information content (AvgIpc) is 3.32. The van der Waals surface area contributed by atoms with Gasteiger partial charge in [-0.15, -0.1) is 0 Å². The van der Waals surface area contributed by atoms with Crippen molar-refractivity contribution in [2.75, 3.05) is 24.2 Å². The molecule has 0 bridgehead atoms. The summed E-state index contributed by atoms with van der Waals surface area (Å²) < 4.78 is 15.2. The number of nitrogens with two attached hydrogens (primary N) is 1. The van der Waals surface area contributed by atoms with Crippen molar-refractivity contribution in [3.63, 3.8) is 0 Å². The van der Waals surface area contributed by atoms with Crippen LogP contribution >= 0.6 is 0 Å². The summed E-state index contributed by atoms with van der Waals surface area (Å²) in [5, 5.41) is 16.2. The molecule has 10 nitrogen and oxygen atoms in total. The van der Waals surface area contributed by atoms with E-state index in [1.54, 1.807) is 60.4 Å². The van der Waals surface area contributed by atoms with E-state index in [1.807, 2.05) is 6.07 Å². The number of halogens is 1. The topological polar surface area (TPSA) is 148 Å². The van der Waals surface area contributed by atoms with Crippen LogP contribution in [0, 0.1) is 5.82 Å². The molecule has 0 saturated heterocycles. The SMILES string of the molecule is CNc1nccc(-c2cc3cc(C(=O)O)ccc3n2C(CNc2ncccc2-c2ccc(F)cc2)C(N)=O)n1. The molecule has 1 unspecified atom stereocenters. The molecule has 39 heavy (non-hydrogen) atoms. The van der Waals surface area contributed by atoms with Crippen molar-refractivity contribution in [3.05, 3.63) is 90.5 Å². The lowest BCUT2D eigenvalue weighted by atomic mass is 10.1. The first kappa shape index (κ1) is 25.3. The molecular formula is C28H24FN7O3. The van der Waals surface area contributed by atoms with E-state index >= 15 is 0 Å². The monoisotopic (exact) mass is 525 g/mol. The summed E-state index contributed by atoms with van der Waals surface area (Å²) in [6.45, 7) is 0.0575. The number of carboxylic acid groups (broad SMARTS) is 1. The van der Waals surface area contributed by atoms with E-state index in [4.69, 9.17) is 5.73 Å². The highest BCUT2D eigenvalue weighted by Crippen LogP contribution is 2.33. The Morgan fingerprint density at radius 3 is 2.56 bits per heavy atom. The number of hydrogen-bond acceptors (Lipinski definition) is 7. The second-order valence-electron chi connectivity index (χ2n) is 8.70. The third-order valence-electron chi connectivity index (χ3n) is 6.29. The van der Waals surface area contributed by atoms with Crippen molar-refractivity contribution in [2.24, 2.45) is 5.73 Å². The van der Waals surface area contributed by atoms with Crippen LogP contribution in [-0.4, -0.2) is 50.1 Å². The summed E-state index contributed by atoms with van der Waals surface area (Å²) in [6, 6.07) is 16.8. The van der Waals surface area contributed by atoms with Gasteiger partial charge in [-0.05, 0) is 60.2 Å². The number of nitrogens with one attached hydrogen (secondary N) is 2. The Kier molecular flexibility index (Phi) is 6.87. The van der Waals surface area contributed by atoms with Crippen LogP contribution in [0.1, 0.15) is 16.4 Å². The molecule has 0 radical (unpaired) electrons. The summed E-state index contributed by atoms with van der Waals surface area (Å²) >= 11 is 0. The molecule has 11 heteroatoms. The van der Waals surface area contributed by atoms with Crippen LogP contribution < -0.4 is 16.4 Å². The second-order valence-corrected chi connectivity index (χ2v) is 8.70. The zero-order valence-electron chi connectivity index (χ0n) is 20.8. The van der Waals surface area contributed by atoms with Gasteiger partial charge >= 0.3 is 5.97 Å². The average molecular weight is 526 g/mol.